The van der Waals surface area contributed by atoms with E-state index in [-0.39, 0.29) is 11.9 Å². The van der Waals surface area contributed by atoms with Crippen molar-refractivity contribution in [1.82, 2.24) is 9.88 Å². The van der Waals surface area contributed by atoms with Crippen molar-refractivity contribution in [3.63, 3.8) is 0 Å². The highest BCUT2D eigenvalue weighted by Crippen LogP contribution is 2.21. The van der Waals surface area contributed by atoms with Gasteiger partial charge >= 0.3 is 0 Å². The van der Waals surface area contributed by atoms with Gasteiger partial charge in [-0.1, -0.05) is 6.07 Å². The summed E-state index contributed by atoms with van der Waals surface area (Å²) >= 11 is 1.56. The maximum atomic E-state index is 13.1. The number of nitrogens with zero attached hydrogens (tertiary/aromatic N) is 2. The Labute approximate surface area is 120 Å². The van der Waals surface area contributed by atoms with Crippen molar-refractivity contribution in [2.24, 2.45) is 0 Å². The van der Waals surface area contributed by atoms with Gasteiger partial charge in [0.25, 0.3) is 0 Å². The fourth-order valence-electron chi connectivity index (χ4n) is 2.34. The lowest BCUT2D eigenvalue weighted by Gasteiger charge is -2.16. The van der Waals surface area contributed by atoms with E-state index in [2.05, 4.69) is 9.88 Å². The summed E-state index contributed by atoms with van der Waals surface area (Å²) in [6.07, 6.45) is -0.910. The van der Waals surface area contributed by atoms with Crippen LogP contribution in [0.15, 0.2) is 35.2 Å². The van der Waals surface area contributed by atoms with Crippen LogP contribution in [-0.4, -0.2) is 40.3 Å². The Balaban J connectivity index is 1.61. The molecule has 0 spiro atoms. The zero-order chi connectivity index (χ0) is 13.9. The van der Waals surface area contributed by atoms with Gasteiger partial charge in [-0.25, -0.2) is 9.37 Å². The number of hydrogen-bond acceptors (Lipinski definition) is 5. The van der Waals surface area contributed by atoms with E-state index in [4.69, 9.17) is 4.74 Å². The topological polar surface area (TPSA) is 45.6 Å². The number of aromatic nitrogens is 1. The van der Waals surface area contributed by atoms with Crippen LogP contribution in [0.3, 0.4) is 0 Å². The molecule has 0 amide bonds. The first-order valence-electron chi connectivity index (χ1n) is 6.40. The Kier molecular flexibility index (Phi) is 3.95. The van der Waals surface area contributed by atoms with Crippen molar-refractivity contribution in [3.05, 3.63) is 46.7 Å². The first-order chi connectivity index (χ1) is 9.70. The maximum Gasteiger partial charge on any atom is 0.138 e. The summed E-state index contributed by atoms with van der Waals surface area (Å²) in [6.45, 7) is 1.84. The number of rotatable bonds is 4. The van der Waals surface area contributed by atoms with Crippen molar-refractivity contribution in [2.45, 2.75) is 18.8 Å². The second kappa shape index (κ2) is 5.87. The van der Waals surface area contributed by atoms with Crippen molar-refractivity contribution in [1.29, 1.82) is 0 Å². The van der Waals surface area contributed by atoms with Crippen LogP contribution < -0.4 is 4.74 Å². The van der Waals surface area contributed by atoms with Crippen molar-refractivity contribution in [3.8, 4) is 5.75 Å². The number of likely N-dealkylation sites (tertiary alicyclic amines) is 1. The number of aliphatic hydroxyl groups is 1. The van der Waals surface area contributed by atoms with Crippen molar-refractivity contribution in [2.75, 3.05) is 13.1 Å². The molecule has 0 radical (unpaired) electrons. The zero-order valence-corrected chi connectivity index (χ0v) is 11.6. The molecule has 0 aliphatic carbocycles. The van der Waals surface area contributed by atoms with Crippen LogP contribution in [0.2, 0.25) is 0 Å². The SMILES string of the molecule is O[C@@H]1CN(Cc2cscn2)C[C@H]1Oc1cccc(F)c1. The van der Waals surface area contributed by atoms with Gasteiger partial charge in [0.1, 0.15) is 23.8 Å². The van der Waals surface area contributed by atoms with Crippen LogP contribution in [0.25, 0.3) is 0 Å². The quantitative estimate of drug-likeness (QED) is 0.935. The summed E-state index contributed by atoms with van der Waals surface area (Å²) in [5.41, 5.74) is 2.79. The number of ether oxygens (including phenoxy) is 1. The number of hydrogen-bond donors (Lipinski definition) is 1. The molecule has 4 nitrogen and oxygen atoms in total. The first-order valence-corrected chi connectivity index (χ1v) is 7.35. The number of thiazole rings is 1. The molecule has 0 saturated carbocycles. The van der Waals surface area contributed by atoms with E-state index in [1.807, 2.05) is 5.38 Å². The fourth-order valence-corrected chi connectivity index (χ4v) is 2.89. The minimum Gasteiger partial charge on any atom is -0.486 e. The number of halogens is 1. The third-order valence-electron chi connectivity index (χ3n) is 3.27. The molecule has 2 atom stereocenters. The summed E-state index contributed by atoms with van der Waals surface area (Å²) in [5, 5.41) is 12.0. The van der Waals surface area contributed by atoms with Crippen molar-refractivity contribution >= 4 is 11.3 Å². The minimum absolute atomic E-state index is 0.338. The Hall–Kier alpha value is -1.50. The Morgan fingerprint density at radius 3 is 3.10 bits per heavy atom. The molecule has 1 saturated heterocycles. The van der Waals surface area contributed by atoms with Gasteiger partial charge in [-0.15, -0.1) is 11.3 Å². The molecule has 6 heteroatoms. The van der Waals surface area contributed by atoms with Gasteiger partial charge in [-0.3, -0.25) is 4.90 Å². The minimum atomic E-state index is -0.572. The average Bonchev–Trinajstić information content (AvgIpc) is 3.01. The van der Waals surface area contributed by atoms with E-state index in [1.54, 1.807) is 29.0 Å². The molecule has 1 aliphatic heterocycles. The normalized spacial score (nSPS) is 23.1. The zero-order valence-electron chi connectivity index (χ0n) is 10.8. The molecule has 2 heterocycles. The lowest BCUT2D eigenvalue weighted by Crippen LogP contribution is -2.29. The molecule has 1 aromatic heterocycles. The third kappa shape index (κ3) is 3.15. The van der Waals surface area contributed by atoms with Crippen LogP contribution >= 0.6 is 11.3 Å². The lowest BCUT2D eigenvalue weighted by atomic mass is 10.2. The van der Waals surface area contributed by atoms with Gasteiger partial charge in [0.2, 0.25) is 0 Å². The summed E-state index contributed by atoms with van der Waals surface area (Å²) < 4.78 is 18.8. The number of benzene rings is 1. The summed E-state index contributed by atoms with van der Waals surface area (Å²) in [5.74, 6) is 0.110. The molecule has 0 bridgehead atoms. The van der Waals surface area contributed by atoms with Gasteiger partial charge in [0.15, 0.2) is 0 Å². The molecule has 2 aromatic rings. The molecule has 0 unspecified atom stereocenters. The first kappa shape index (κ1) is 13.5. The molecule has 106 valence electrons. The molecular formula is C14H15FN2O2S. The molecule has 1 aliphatic rings. The highest BCUT2D eigenvalue weighted by atomic mass is 32.1. The van der Waals surface area contributed by atoms with Gasteiger partial charge < -0.3 is 9.84 Å². The Morgan fingerprint density at radius 1 is 1.45 bits per heavy atom. The molecule has 1 aromatic carbocycles. The number of β-amino-alcohol motifs (C(OH)–C–C–N with tert-alkyl or cyclic N) is 1. The highest BCUT2D eigenvalue weighted by molar-refractivity contribution is 7.07. The lowest BCUT2D eigenvalue weighted by molar-refractivity contribution is 0.0734. The van der Waals surface area contributed by atoms with E-state index < -0.39 is 6.10 Å². The van der Waals surface area contributed by atoms with Crippen LogP contribution in [-0.2, 0) is 6.54 Å². The van der Waals surface area contributed by atoms with Crippen LogP contribution in [0, 0.1) is 5.82 Å². The van der Waals surface area contributed by atoms with E-state index in [9.17, 15) is 9.50 Å². The van der Waals surface area contributed by atoms with Gasteiger partial charge in [-0.05, 0) is 12.1 Å². The van der Waals surface area contributed by atoms with Crippen LogP contribution in [0.5, 0.6) is 5.75 Å². The molecule has 1 N–H and O–H groups in total. The molecular weight excluding hydrogens is 279 g/mol. The van der Waals surface area contributed by atoms with E-state index in [1.165, 1.54) is 12.1 Å². The smallest absolute Gasteiger partial charge is 0.138 e. The second-order valence-electron chi connectivity index (χ2n) is 4.85. The maximum absolute atomic E-state index is 13.1. The molecule has 3 rings (SSSR count). The number of aliphatic hydroxyl groups excluding tert-OH is 1. The standard InChI is InChI=1S/C14H15FN2O2S/c15-10-2-1-3-12(4-10)19-14-7-17(6-13(14)18)5-11-8-20-9-16-11/h1-4,8-9,13-14,18H,5-7H2/t13-,14-/m1/s1. The predicted octanol–water partition coefficient (Wildman–Crippen LogP) is 1.91. The predicted molar refractivity (Wildman–Crippen MR) is 74.2 cm³/mol. The third-order valence-corrected chi connectivity index (χ3v) is 3.90. The molecule has 20 heavy (non-hydrogen) atoms. The van der Waals surface area contributed by atoms with Crippen LogP contribution in [0.1, 0.15) is 5.69 Å². The van der Waals surface area contributed by atoms with E-state index in [0.717, 1.165) is 5.69 Å². The average molecular weight is 294 g/mol. The Morgan fingerprint density at radius 2 is 2.35 bits per heavy atom. The summed E-state index contributed by atoms with van der Waals surface area (Å²) in [6, 6.07) is 5.99. The largest absolute Gasteiger partial charge is 0.486 e. The Bertz CT molecular complexity index is 564. The second-order valence-corrected chi connectivity index (χ2v) is 5.57. The monoisotopic (exact) mass is 294 g/mol. The van der Waals surface area contributed by atoms with E-state index >= 15 is 0 Å². The van der Waals surface area contributed by atoms with Gasteiger partial charge in [-0.2, -0.15) is 0 Å². The van der Waals surface area contributed by atoms with Crippen LogP contribution in [0.4, 0.5) is 4.39 Å². The van der Waals surface area contributed by atoms with Gasteiger partial charge in [0.05, 0.1) is 11.2 Å². The van der Waals surface area contributed by atoms with Gasteiger partial charge in [0, 0.05) is 31.1 Å². The molecule has 1 fully saturated rings. The summed E-state index contributed by atoms with van der Waals surface area (Å²) in [4.78, 5) is 6.32. The van der Waals surface area contributed by atoms with E-state index in [0.29, 0.717) is 25.4 Å². The fraction of sp³-hybridized carbons (Fsp3) is 0.357. The highest BCUT2D eigenvalue weighted by Gasteiger charge is 2.33. The summed E-state index contributed by atoms with van der Waals surface area (Å²) in [7, 11) is 0. The van der Waals surface area contributed by atoms with Crippen molar-refractivity contribution < 1.29 is 14.2 Å².